The lowest BCUT2D eigenvalue weighted by molar-refractivity contribution is -0.0277. The molecule has 1 aromatic rings. The maximum absolute atomic E-state index is 12.4. The molecule has 2 aliphatic rings. The van der Waals surface area contributed by atoms with E-state index in [1.165, 1.54) is 12.8 Å². The molecule has 7 heteroatoms. The smallest absolute Gasteiger partial charge is 0.240 e. The number of morpholine rings is 1. The van der Waals surface area contributed by atoms with E-state index in [4.69, 9.17) is 9.47 Å². The fourth-order valence-electron chi connectivity index (χ4n) is 2.82. The summed E-state index contributed by atoms with van der Waals surface area (Å²) in [7, 11) is -3.55. The summed E-state index contributed by atoms with van der Waals surface area (Å²) >= 11 is 0. The van der Waals surface area contributed by atoms with Crippen LogP contribution in [0.3, 0.4) is 0 Å². The largest absolute Gasteiger partial charge is 0.494 e. The molecule has 0 bridgehead atoms. The van der Waals surface area contributed by atoms with Gasteiger partial charge in [-0.3, -0.25) is 4.90 Å². The third-order valence-corrected chi connectivity index (χ3v) is 5.58. The Kier molecular flexibility index (Phi) is 5.21. The van der Waals surface area contributed by atoms with Gasteiger partial charge in [0.1, 0.15) is 5.75 Å². The highest BCUT2D eigenvalue weighted by molar-refractivity contribution is 7.89. The van der Waals surface area contributed by atoms with Crippen LogP contribution in [0.1, 0.15) is 19.8 Å². The molecular weight excluding hydrogens is 316 g/mol. The normalized spacial score (nSPS) is 22.9. The van der Waals surface area contributed by atoms with Crippen molar-refractivity contribution >= 4 is 10.0 Å². The van der Waals surface area contributed by atoms with E-state index in [0.717, 1.165) is 13.1 Å². The van der Waals surface area contributed by atoms with Crippen LogP contribution in [0.2, 0.25) is 0 Å². The Morgan fingerprint density at radius 2 is 2.22 bits per heavy atom. The first kappa shape index (κ1) is 16.7. The number of sulfonamides is 1. The van der Waals surface area contributed by atoms with Crippen molar-refractivity contribution in [3.63, 3.8) is 0 Å². The molecule has 1 aromatic carbocycles. The summed E-state index contributed by atoms with van der Waals surface area (Å²) in [6.45, 7) is 5.08. The van der Waals surface area contributed by atoms with Crippen molar-refractivity contribution < 1.29 is 17.9 Å². The lowest BCUT2D eigenvalue weighted by atomic mass is 10.2. The maximum Gasteiger partial charge on any atom is 0.240 e. The summed E-state index contributed by atoms with van der Waals surface area (Å²) in [6.07, 6.45) is 2.42. The average molecular weight is 340 g/mol. The van der Waals surface area contributed by atoms with Crippen molar-refractivity contribution in [3.8, 4) is 5.75 Å². The van der Waals surface area contributed by atoms with Crippen molar-refractivity contribution in [1.82, 2.24) is 9.62 Å². The maximum atomic E-state index is 12.4. The summed E-state index contributed by atoms with van der Waals surface area (Å²) in [4.78, 5) is 2.62. The average Bonchev–Trinajstić information content (AvgIpc) is 3.39. The number of benzene rings is 1. The molecule has 0 aromatic heterocycles. The number of hydrogen-bond donors (Lipinski definition) is 1. The van der Waals surface area contributed by atoms with Crippen molar-refractivity contribution in [2.45, 2.75) is 36.8 Å². The fourth-order valence-corrected chi connectivity index (χ4v) is 3.92. The molecule has 1 heterocycles. The molecule has 2 fully saturated rings. The standard InChI is InChI=1S/C16H24N2O4S/c1-2-21-14-4-3-5-16(10-14)23(19,20)17-11-15-12-18(8-9-22-15)13-6-7-13/h3-5,10,13,15,17H,2,6-9,11-12H2,1H3/t15-/m1/s1. The summed E-state index contributed by atoms with van der Waals surface area (Å²) in [5, 5.41) is 0. The van der Waals surface area contributed by atoms with Gasteiger partial charge in [0.05, 0.1) is 24.2 Å². The van der Waals surface area contributed by atoms with E-state index in [1.54, 1.807) is 24.3 Å². The fraction of sp³-hybridized carbons (Fsp3) is 0.625. The second-order valence-electron chi connectivity index (χ2n) is 5.98. The number of hydrogen-bond acceptors (Lipinski definition) is 5. The Morgan fingerprint density at radius 3 is 2.96 bits per heavy atom. The van der Waals surface area contributed by atoms with E-state index in [-0.39, 0.29) is 11.0 Å². The van der Waals surface area contributed by atoms with Crippen molar-refractivity contribution in [1.29, 1.82) is 0 Å². The Hall–Kier alpha value is -1.15. The second-order valence-corrected chi connectivity index (χ2v) is 7.75. The molecule has 1 saturated heterocycles. The number of nitrogens with zero attached hydrogens (tertiary/aromatic N) is 1. The SMILES string of the molecule is CCOc1cccc(S(=O)(=O)NC[C@@H]2CN(C3CC3)CCO2)c1. The van der Waals surface area contributed by atoms with Crippen LogP contribution < -0.4 is 9.46 Å². The molecule has 23 heavy (non-hydrogen) atoms. The van der Waals surface area contributed by atoms with Crippen LogP contribution in [0.4, 0.5) is 0 Å². The third-order valence-electron chi connectivity index (χ3n) is 4.16. The molecule has 0 radical (unpaired) electrons. The molecule has 6 nitrogen and oxygen atoms in total. The monoisotopic (exact) mass is 340 g/mol. The first-order chi connectivity index (χ1) is 11.1. The molecule has 0 unspecified atom stereocenters. The van der Waals surface area contributed by atoms with E-state index in [9.17, 15) is 8.42 Å². The van der Waals surface area contributed by atoms with Crippen molar-refractivity contribution in [2.75, 3.05) is 32.8 Å². The zero-order valence-corrected chi connectivity index (χ0v) is 14.2. The van der Waals surface area contributed by atoms with Gasteiger partial charge >= 0.3 is 0 Å². The number of nitrogens with one attached hydrogen (secondary N) is 1. The van der Waals surface area contributed by atoms with Crippen LogP contribution in [0.15, 0.2) is 29.2 Å². The molecule has 1 saturated carbocycles. The van der Waals surface area contributed by atoms with Crippen molar-refractivity contribution in [2.24, 2.45) is 0 Å². The Balaban J connectivity index is 1.58. The molecule has 1 aliphatic carbocycles. The van der Waals surface area contributed by atoms with Gasteiger partial charge in [-0.05, 0) is 31.9 Å². The van der Waals surface area contributed by atoms with Crippen LogP contribution in [-0.4, -0.2) is 58.3 Å². The van der Waals surface area contributed by atoms with Crippen LogP contribution in [0.25, 0.3) is 0 Å². The Bertz CT molecular complexity index is 631. The molecule has 128 valence electrons. The van der Waals surface area contributed by atoms with E-state index < -0.39 is 10.0 Å². The van der Waals surface area contributed by atoms with Gasteiger partial charge in [0.25, 0.3) is 0 Å². The summed E-state index contributed by atoms with van der Waals surface area (Å²) in [5.74, 6) is 0.559. The molecule has 1 N–H and O–H groups in total. The molecule has 0 amide bonds. The summed E-state index contributed by atoms with van der Waals surface area (Å²) < 4.78 is 38.6. The van der Waals surface area contributed by atoms with Crippen LogP contribution >= 0.6 is 0 Å². The minimum atomic E-state index is -3.55. The quantitative estimate of drug-likeness (QED) is 0.808. The summed E-state index contributed by atoms with van der Waals surface area (Å²) in [6, 6.07) is 7.24. The topological polar surface area (TPSA) is 67.9 Å². The minimum Gasteiger partial charge on any atom is -0.494 e. The first-order valence-electron chi connectivity index (χ1n) is 8.16. The van der Waals surface area contributed by atoms with Crippen LogP contribution in [0.5, 0.6) is 5.75 Å². The van der Waals surface area contributed by atoms with E-state index in [2.05, 4.69) is 9.62 Å². The van der Waals surface area contributed by atoms with Gasteiger partial charge in [0, 0.05) is 31.7 Å². The first-order valence-corrected chi connectivity index (χ1v) is 9.65. The van der Waals surface area contributed by atoms with Gasteiger partial charge < -0.3 is 9.47 Å². The van der Waals surface area contributed by atoms with Gasteiger partial charge in [0.15, 0.2) is 0 Å². The highest BCUT2D eigenvalue weighted by atomic mass is 32.2. The van der Waals surface area contributed by atoms with Crippen LogP contribution in [-0.2, 0) is 14.8 Å². The molecule has 3 rings (SSSR count). The minimum absolute atomic E-state index is 0.0887. The van der Waals surface area contributed by atoms with E-state index >= 15 is 0 Å². The van der Waals surface area contributed by atoms with Gasteiger partial charge in [0.2, 0.25) is 10.0 Å². The van der Waals surface area contributed by atoms with Gasteiger partial charge in [-0.25, -0.2) is 13.1 Å². The Labute approximate surface area is 137 Å². The lowest BCUT2D eigenvalue weighted by Crippen LogP contribution is -2.48. The van der Waals surface area contributed by atoms with Gasteiger partial charge in [-0.2, -0.15) is 0 Å². The third kappa shape index (κ3) is 4.44. The van der Waals surface area contributed by atoms with E-state index in [0.29, 0.717) is 31.5 Å². The second kappa shape index (κ2) is 7.17. The zero-order chi connectivity index (χ0) is 16.3. The van der Waals surface area contributed by atoms with E-state index in [1.807, 2.05) is 6.92 Å². The molecule has 1 aliphatic heterocycles. The number of ether oxygens (including phenoxy) is 2. The van der Waals surface area contributed by atoms with Gasteiger partial charge in [-0.15, -0.1) is 0 Å². The highest BCUT2D eigenvalue weighted by Gasteiger charge is 2.33. The Morgan fingerprint density at radius 1 is 1.39 bits per heavy atom. The highest BCUT2D eigenvalue weighted by Crippen LogP contribution is 2.28. The zero-order valence-electron chi connectivity index (χ0n) is 13.4. The van der Waals surface area contributed by atoms with Crippen LogP contribution in [0, 0.1) is 0 Å². The molecular formula is C16H24N2O4S. The van der Waals surface area contributed by atoms with Gasteiger partial charge in [-0.1, -0.05) is 6.07 Å². The predicted octanol–water partition coefficient (Wildman–Crippen LogP) is 1.23. The predicted molar refractivity (Wildman–Crippen MR) is 87.1 cm³/mol. The summed E-state index contributed by atoms with van der Waals surface area (Å²) in [5.41, 5.74) is 0. The molecule has 1 atom stereocenters. The van der Waals surface area contributed by atoms with Crippen molar-refractivity contribution in [3.05, 3.63) is 24.3 Å². The molecule has 0 spiro atoms. The lowest BCUT2D eigenvalue weighted by Gasteiger charge is -2.33. The number of rotatable bonds is 7.